The van der Waals surface area contributed by atoms with Gasteiger partial charge in [0.25, 0.3) is 0 Å². The number of aromatic nitrogens is 3. The van der Waals surface area contributed by atoms with E-state index < -0.39 is 5.97 Å². The fourth-order valence-corrected chi connectivity index (χ4v) is 2.48. The van der Waals surface area contributed by atoms with E-state index in [4.69, 9.17) is 9.84 Å². The Morgan fingerprint density at radius 3 is 2.62 bits per heavy atom. The number of methoxy groups -OCH3 is 1. The van der Waals surface area contributed by atoms with Crippen molar-refractivity contribution in [3.8, 4) is 17.1 Å². The fourth-order valence-electron chi connectivity index (χ4n) is 2.48. The lowest BCUT2D eigenvalue weighted by Gasteiger charge is -2.03. The average molecular weight is 285 g/mol. The van der Waals surface area contributed by atoms with Crippen LogP contribution in [0.15, 0.2) is 30.3 Å². The molecule has 0 saturated heterocycles. The number of ether oxygens (including phenoxy) is 1. The molecule has 0 spiro atoms. The van der Waals surface area contributed by atoms with Crippen LogP contribution in [0.1, 0.15) is 10.5 Å². The third-order valence-electron chi connectivity index (χ3n) is 3.61. The van der Waals surface area contributed by atoms with Crippen molar-refractivity contribution in [2.24, 2.45) is 14.1 Å². The van der Waals surface area contributed by atoms with Gasteiger partial charge in [0.2, 0.25) is 0 Å². The third kappa shape index (κ3) is 2.05. The highest BCUT2D eigenvalue weighted by atomic mass is 16.5. The Hall–Kier alpha value is -2.76. The number of carboxylic acids is 1. The summed E-state index contributed by atoms with van der Waals surface area (Å²) in [6.45, 7) is 0. The minimum Gasteiger partial charge on any atom is -0.497 e. The fraction of sp³-hybridized carbons (Fsp3) is 0.200. The third-order valence-corrected chi connectivity index (χ3v) is 3.61. The van der Waals surface area contributed by atoms with Crippen molar-refractivity contribution in [1.29, 1.82) is 0 Å². The van der Waals surface area contributed by atoms with Crippen LogP contribution in [0.2, 0.25) is 0 Å². The van der Waals surface area contributed by atoms with Crippen molar-refractivity contribution in [2.45, 2.75) is 0 Å². The largest absolute Gasteiger partial charge is 0.497 e. The normalized spacial score (nSPS) is 11.0. The highest BCUT2D eigenvalue weighted by Crippen LogP contribution is 2.29. The molecule has 21 heavy (non-hydrogen) atoms. The molecule has 0 bridgehead atoms. The molecule has 0 atom stereocenters. The summed E-state index contributed by atoms with van der Waals surface area (Å²) in [5, 5.41) is 14.5. The second-order valence-electron chi connectivity index (χ2n) is 4.86. The number of carboxylic acid groups (broad SMARTS) is 1. The van der Waals surface area contributed by atoms with Crippen LogP contribution in [0.3, 0.4) is 0 Å². The number of aromatic carboxylic acids is 1. The number of nitrogens with zero attached hydrogens (tertiary/aromatic N) is 3. The van der Waals surface area contributed by atoms with Crippen molar-refractivity contribution in [1.82, 2.24) is 14.3 Å². The van der Waals surface area contributed by atoms with Gasteiger partial charge in [0.15, 0.2) is 0 Å². The average Bonchev–Trinajstić information content (AvgIpc) is 2.99. The molecule has 0 aliphatic rings. The van der Waals surface area contributed by atoms with Crippen LogP contribution in [0.4, 0.5) is 0 Å². The van der Waals surface area contributed by atoms with Gasteiger partial charge in [-0.05, 0) is 18.2 Å². The van der Waals surface area contributed by atoms with Crippen molar-refractivity contribution in [3.05, 3.63) is 36.0 Å². The van der Waals surface area contributed by atoms with Gasteiger partial charge in [-0.1, -0.05) is 0 Å². The highest BCUT2D eigenvalue weighted by molar-refractivity contribution is 5.90. The van der Waals surface area contributed by atoms with E-state index in [2.05, 4.69) is 5.10 Å². The van der Waals surface area contributed by atoms with Crippen LogP contribution in [-0.2, 0) is 14.1 Å². The second kappa shape index (κ2) is 4.66. The Morgan fingerprint density at radius 2 is 2.00 bits per heavy atom. The first-order valence-electron chi connectivity index (χ1n) is 6.42. The Morgan fingerprint density at radius 1 is 1.24 bits per heavy atom. The first-order valence-corrected chi connectivity index (χ1v) is 6.42. The van der Waals surface area contributed by atoms with Gasteiger partial charge in [0.1, 0.15) is 17.1 Å². The molecule has 6 nitrogen and oxygen atoms in total. The van der Waals surface area contributed by atoms with E-state index in [-0.39, 0.29) is 5.69 Å². The maximum absolute atomic E-state index is 11.1. The van der Waals surface area contributed by atoms with Crippen molar-refractivity contribution in [2.75, 3.05) is 7.11 Å². The molecule has 0 unspecified atom stereocenters. The minimum atomic E-state index is -0.989. The zero-order valence-corrected chi connectivity index (χ0v) is 12.0. The van der Waals surface area contributed by atoms with Gasteiger partial charge >= 0.3 is 5.97 Å². The van der Waals surface area contributed by atoms with Gasteiger partial charge < -0.3 is 14.4 Å². The van der Waals surface area contributed by atoms with Gasteiger partial charge in [0.05, 0.1) is 18.3 Å². The Kier molecular flexibility index (Phi) is 2.94. The molecule has 3 aromatic rings. The van der Waals surface area contributed by atoms with Crippen LogP contribution in [0.25, 0.3) is 22.3 Å². The number of hydrogen-bond acceptors (Lipinski definition) is 3. The number of carbonyl (C=O) groups is 1. The summed E-state index contributed by atoms with van der Waals surface area (Å²) in [6.07, 6.45) is 0. The first-order chi connectivity index (χ1) is 10.0. The number of hydrogen-bond donors (Lipinski definition) is 1. The van der Waals surface area contributed by atoms with Crippen molar-refractivity contribution in [3.63, 3.8) is 0 Å². The molecule has 108 valence electrons. The molecular formula is C15H15N3O3. The van der Waals surface area contributed by atoms with E-state index in [0.29, 0.717) is 5.69 Å². The second-order valence-corrected chi connectivity index (χ2v) is 4.86. The summed E-state index contributed by atoms with van der Waals surface area (Å²) in [5.41, 5.74) is 2.66. The van der Waals surface area contributed by atoms with E-state index >= 15 is 0 Å². The van der Waals surface area contributed by atoms with E-state index in [9.17, 15) is 4.79 Å². The van der Waals surface area contributed by atoms with Crippen LogP contribution < -0.4 is 4.74 Å². The van der Waals surface area contributed by atoms with Gasteiger partial charge in [-0.2, -0.15) is 5.10 Å². The Bertz CT molecular complexity index is 845. The zero-order chi connectivity index (χ0) is 15.1. The Labute approximate surface area is 121 Å². The summed E-state index contributed by atoms with van der Waals surface area (Å²) in [7, 11) is 5.17. The number of benzene rings is 1. The molecule has 2 heterocycles. The first kappa shape index (κ1) is 13.2. The van der Waals surface area contributed by atoms with Crippen LogP contribution >= 0.6 is 0 Å². The maximum atomic E-state index is 11.1. The molecule has 1 N–H and O–H groups in total. The van der Waals surface area contributed by atoms with Gasteiger partial charge in [-0.15, -0.1) is 0 Å². The van der Waals surface area contributed by atoms with Gasteiger partial charge in [-0.25, -0.2) is 4.79 Å². The lowest BCUT2D eigenvalue weighted by molar-refractivity contribution is 0.0685. The summed E-state index contributed by atoms with van der Waals surface area (Å²) in [5.74, 6) is -0.209. The minimum absolute atomic E-state index is 0.160. The van der Waals surface area contributed by atoms with E-state index in [1.165, 1.54) is 4.68 Å². The van der Waals surface area contributed by atoms with Gasteiger partial charge in [-0.3, -0.25) is 4.68 Å². The lowest BCUT2D eigenvalue weighted by Crippen LogP contribution is -2.04. The summed E-state index contributed by atoms with van der Waals surface area (Å²) in [4.78, 5) is 11.1. The molecule has 0 aliphatic carbocycles. The molecule has 3 rings (SSSR count). The molecule has 0 radical (unpaired) electrons. The SMILES string of the molecule is COc1ccc2cc(-c3cc(C(=O)O)n(C)n3)n(C)c2c1. The van der Waals surface area contributed by atoms with Crippen LogP contribution in [-0.4, -0.2) is 32.5 Å². The predicted octanol–water partition coefficient (Wildman–Crippen LogP) is 2.29. The molecule has 6 heteroatoms. The number of fused-ring (bicyclic) bond motifs is 1. The topological polar surface area (TPSA) is 69.3 Å². The van der Waals surface area contributed by atoms with Crippen molar-refractivity contribution >= 4 is 16.9 Å². The molecule has 0 aliphatic heterocycles. The van der Waals surface area contributed by atoms with Crippen LogP contribution in [0, 0.1) is 0 Å². The Balaban J connectivity index is 2.18. The molecule has 1 aromatic carbocycles. The van der Waals surface area contributed by atoms with Gasteiger partial charge in [0, 0.05) is 31.6 Å². The number of rotatable bonds is 3. The molecule has 2 aromatic heterocycles. The van der Waals surface area contributed by atoms with Crippen molar-refractivity contribution < 1.29 is 14.6 Å². The summed E-state index contributed by atoms with van der Waals surface area (Å²) < 4.78 is 8.59. The smallest absolute Gasteiger partial charge is 0.354 e. The van der Waals surface area contributed by atoms with E-state index in [1.807, 2.05) is 35.9 Å². The molecule has 0 amide bonds. The maximum Gasteiger partial charge on any atom is 0.354 e. The predicted molar refractivity (Wildman–Crippen MR) is 78.6 cm³/mol. The zero-order valence-electron chi connectivity index (χ0n) is 12.0. The number of aryl methyl sites for hydroxylation is 2. The van der Waals surface area contributed by atoms with Crippen LogP contribution in [0.5, 0.6) is 5.75 Å². The summed E-state index contributed by atoms with van der Waals surface area (Å²) >= 11 is 0. The van der Waals surface area contributed by atoms with E-state index in [1.54, 1.807) is 20.2 Å². The highest BCUT2D eigenvalue weighted by Gasteiger charge is 2.16. The monoisotopic (exact) mass is 285 g/mol. The molecular weight excluding hydrogens is 270 g/mol. The molecule has 0 fully saturated rings. The standard InChI is InChI=1S/C15H15N3O3/c1-17-12-7-10(21-3)5-4-9(12)6-13(17)11-8-14(15(19)20)18(2)16-11/h4-8H,1-3H3,(H,19,20). The lowest BCUT2D eigenvalue weighted by atomic mass is 10.2. The van der Waals surface area contributed by atoms with E-state index in [0.717, 1.165) is 22.3 Å². The quantitative estimate of drug-likeness (QED) is 0.801. The summed E-state index contributed by atoms with van der Waals surface area (Å²) in [6, 6.07) is 9.38. The molecule has 0 saturated carbocycles.